The largest absolute Gasteiger partial charge is 0.465 e. The molecule has 7 nitrogen and oxygen atoms in total. The highest BCUT2D eigenvalue weighted by Crippen LogP contribution is 2.24. The molecule has 1 aromatic heterocycles. The van der Waals surface area contributed by atoms with Crippen LogP contribution in [0.3, 0.4) is 0 Å². The lowest BCUT2D eigenvalue weighted by molar-refractivity contribution is 0.0600. The van der Waals surface area contributed by atoms with Crippen LogP contribution in [0.5, 0.6) is 0 Å². The summed E-state index contributed by atoms with van der Waals surface area (Å²) >= 11 is 6.12. The number of hydrogen-bond acceptors (Lipinski definition) is 6. The molecule has 0 bridgehead atoms. The Bertz CT molecular complexity index is 822. The molecule has 3 rings (SSSR count). The van der Waals surface area contributed by atoms with E-state index in [1.54, 1.807) is 12.3 Å². The number of ether oxygens (including phenoxy) is 2. The fourth-order valence-corrected chi connectivity index (χ4v) is 2.78. The zero-order valence-corrected chi connectivity index (χ0v) is 15.0. The summed E-state index contributed by atoms with van der Waals surface area (Å²) in [5.74, 6) is -0.923. The number of nitrogens with one attached hydrogen (secondary N) is 1. The summed E-state index contributed by atoms with van der Waals surface area (Å²) in [5, 5.41) is 3.01. The van der Waals surface area contributed by atoms with Gasteiger partial charge < -0.3 is 19.7 Å². The number of halogens is 1. The van der Waals surface area contributed by atoms with Gasteiger partial charge in [-0.25, -0.2) is 4.79 Å². The number of benzene rings is 1. The molecular formula is C18H18ClN3O4. The predicted molar refractivity (Wildman–Crippen MR) is 98.0 cm³/mol. The Hall–Kier alpha value is -2.64. The quantitative estimate of drug-likeness (QED) is 0.827. The third-order valence-corrected chi connectivity index (χ3v) is 4.32. The van der Waals surface area contributed by atoms with Crippen LogP contribution in [0.2, 0.25) is 5.02 Å². The predicted octanol–water partition coefficient (Wildman–Crippen LogP) is 2.61. The molecule has 1 fully saturated rings. The first kappa shape index (κ1) is 18.2. The van der Waals surface area contributed by atoms with Crippen molar-refractivity contribution < 1.29 is 19.1 Å². The van der Waals surface area contributed by atoms with E-state index >= 15 is 0 Å². The number of nitrogens with zero attached hydrogens (tertiary/aromatic N) is 2. The van der Waals surface area contributed by atoms with Gasteiger partial charge in [0, 0.05) is 25.0 Å². The van der Waals surface area contributed by atoms with E-state index in [2.05, 4.69) is 19.9 Å². The normalized spacial score (nSPS) is 14.0. The molecule has 26 heavy (non-hydrogen) atoms. The highest BCUT2D eigenvalue weighted by Gasteiger charge is 2.16. The molecule has 1 saturated heterocycles. The van der Waals surface area contributed by atoms with Crippen LogP contribution in [0.4, 0.5) is 11.4 Å². The van der Waals surface area contributed by atoms with Crippen LogP contribution in [-0.4, -0.2) is 50.3 Å². The molecule has 0 aliphatic carbocycles. The van der Waals surface area contributed by atoms with E-state index in [1.165, 1.54) is 25.3 Å². The molecule has 0 radical (unpaired) electrons. The van der Waals surface area contributed by atoms with Gasteiger partial charge in [0.15, 0.2) is 0 Å². The van der Waals surface area contributed by atoms with Crippen LogP contribution in [0, 0.1) is 0 Å². The van der Waals surface area contributed by atoms with E-state index in [1.807, 2.05) is 6.07 Å². The number of methoxy groups -OCH3 is 1. The molecule has 1 N–H and O–H groups in total. The number of carbonyl (C=O) groups is 2. The van der Waals surface area contributed by atoms with Crippen molar-refractivity contribution in [1.29, 1.82) is 0 Å². The fourth-order valence-electron chi connectivity index (χ4n) is 2.61. The van der Waals surface area contributed by atoms with Crippen molar-refractivity contribution in [3.63, 3.8) is 0 Å². The van der Waals surface area contributed by atoms with Gasteiger partial charge in [-0.3, -0.25) is 9.78 Å². The number of morpholine rings is 1. The van der Waals surface area contributed by atoms with Gasteiger partial charge in [-0.15, -0.1) is 0 Å². The average Bonchev–Trinajstić information content (AvgIpc) is 2.69. The van der Waals surface area contributed by atoms with Gasteiger partial charge in [-0.2, -0.15) is 0 Å². The Kier molecular flexibility index (Phi) is 5.70. The summed E-state index contributed by atoms with van der Waals surface area (Å²) in [4.78, 5) is 30.5. The summed E-state index contributed by atoms with van der Waals surface area (Å²) in [6.07, 6.45) is 1.59. The van der Waals surface area contributed by atoms with Gasteiger partial charge in [-0.1, -0.05) is 11.6 Å². The molecule has 1 amide bonds. The highest BCUT2D eigenvalue weighted by molar-refractivity contribution is 6.34. The Morgan fingerprint density at radius 1 is 1.23 bits per heavy atom. The lowest BCUT2D eigenvalue weighted by atomic mass is 10.2. The number of hydrogen-bond donors (Lipinski definition) is 1. The molecule has 2 heterocycles. The molecule has 0 atom stereocenters. The second-order valence-corrected chi connectivity index (χ2v) is 6.05. The lowest BCUT2D eigenvalue weighted by Crippen LogP contribution is -2.36. The van der Waals surface area contributed by atoms with Crippen LogP contribution in [0.1, 0.15) is 20.8 Å². The molecule has 1 aromatic carbocycles. The summed E-state index contributed by atoms with van der Waals surface area (Å²) in [6, 6.07) is 8.10. The molecule has 1 aliphatic rings. The minimum Gasteiger partial charge on any atom is -0.465 e. The van der Waals surface area contributed by atoms with Crippen LogP contribution in [-0.2, 0) is 9.47 Å². The molecular weight excluding hydrogens is 358 g/mol. The van der Waals surface area contributed by atoms with E-state index < -0.39 is 11.9 Å². The Morgan fingerprint density at radius 2 is 2.00 bits per heavy atom. The minimum absolute atomic E-state index is 0.258. The van der Waals surface area contributed by atoms with Gasteiger partial charge in [0.05, 0.1) is 36.6 Å². The molecule has 2 aromatic rings. The second kappa shape index (κ2) is 8.16. The van der Waals surface area contributed by atoms with E-state index in [4.69, 9.17) is 16.3 Å². The van der Waals surface area contributed by atoms with Crippen molar-refractivity contribution >= 4 is 34.9 Å². The van der Waals surface area contributed by atoms with Crippen molar-refractivity contribution in [2.75, 3.05) is 43.6 Å². The van der Waals surface area contributed by atoms with Crippen molar-refractivity contribution in [3.8, 4) is 0 Å². The number of anilines is 2. The van der Waals surface area contributed by atoms with Crippen LogP contribution in [0.15, 0.2) is 36.5 Å². The van der Waals surface area contributed by atoms with Crippen molar-refractivity contribution in [2.45, 2.75) is 0 Å². The Morgan fingerprint density at radius 3 is 2.73 bits per heavy atom. The second-order valence-electron chi connectivity index (χ2n) is 5.64. The van der Waals surface area contributed by atoms with E-state index in [9.17, 15) is 9.59 Å². The topological polar surface area (TPSA) is 80.8 Å². The molecule has 0 saturated carbocycles. The molecule has 136 valence electrons. The monoisotopic (exact) mass is 375 g/mol. The minimum atomic E-state index is -0.510. The standard InChI is InChI=1S/C18H18ClN3O4/c1-25-18(24)12-2-3-14(19)15(10-12)21-17(23)16-11-13(4-5-20-16)22-6-8-26-9-7-22/h2-5,10-11H,6-9H2,1H3,(H,21,23). The summed E-state index contributed by atoms with van der Waals surface area (Å²) in [6.45, 7) is 2.83. The zero-order chi connectivity index (χ0) is 18.5. The Balaban J connectivity index is 1.79. The van der Waals surface area contributed by atoms with Gasteiger partial charge in [0.1, 0.15) is 5.69 Å². The van der Waals surface area contributed by atoms with Crippen LogP contribution < -0.4 is 10.2 Å². The number of esters is 1. The molecule has 0 spiro atoms. The maximum atomic E-state index is 12.6. The van der Waals surface area contributed by atoms with Crippen molar-refractivity contribution in [2.24, 2.45) is 0 Å². The SMILES string of the molecule is COC(=O)c1ccc(Cl)c(NC(=O)c2cc(N3CCOCC3)ccn2)c1. The number of rotatable bonds is 4. The Labute approximate surface area is 155 Å². The van der Waals surface area contributed by atoms with Crippen LogP contribution in [0.25, 0.3) is 0 Å². The van der Waals surface area contributed by atoms with E-state index in [-0.39, 0.29) is 5.69 Å². The zero-order valence-electron chi connectivity index (χ0n) is 14.2. The van der Waals surface area contributed by atoms with Gasteiger partial charge in [0.25, 0.3) is 5.91 Å². The molecule has 8 heteroatoms. The van der Waals surface area contributed by atoms with Gasteiger partial charge in [-0.05, 0) is 30.3 Å². The summed E-state index contributed by atoms with van der Waals surface area (Å²) < 4.78 is 10.0. The highest BCUT2D eigenvalue weighted by atomic mass is 35.5. The lowest BCUT2D eigenvalue weighted by Gasteiger charge is -2.28. The summed E-state index contributed by atoms with van der Waals surface area (Å²) in [5.41, 5.74) is 1.77. The third-order valence-electron chi connectivity index (χ3n) is 3.99. The van der Waals surface area contributed by atoms with E-state index in [0.717, 1.165) is 18.8 Å². The first-order valence-corrected chi connectivity index (χ1v) is 8.44. The van der Waals surface area contributed by atoms with Crippen LogP contribution >= 0.6 is 11.6 Å². The first-order chi connectivity index (χ1) is 12.6. The number of amides is 1. The smallest absolute Gasteiger partial charge is 0.337 e. The van der Waals surface area contributed by atoms with Gasteiger partial charge in [0.2, 0.25) is 0 Å². The number of carbonyl (C=O) groups excluding carboxylic acids is 2. The maximum Gasteiger partial charge on any atom is 0.337 e. The first-order valence-electron chi connectivity index (χ1n) is 8.06. The van der Waals surface area contributed by atoms with Gasteiger partial charge >= 0.3 is 5.97 Å². The number of aromatic nitrogens is 1. The third kappa shape index (κ3) is 4.12. The van der Waals surface area contributed by atoms with Crippen molar-refractivity contribution in [3.05, 3.63) is 52.8 Å². The number of pyridine rings is 1. The van der Waals surface area contributed by atoms with E-state index in [0.29, 0.717) is 29.5 Å². The molecule has 1 aliphatic heterocycles. The summed E-state index contributed by atoms with van der Waals surface area (Å²) in [7, 11) is 1.29. The van der Waals surface area contributed by atoms with Crippen molar-refractivity contribution in [1.82, 2.24) is 4.98 Å². The fraction of sp³-hybridized carbons (Fsp3) is 0.278. The average molecular weight is 376 g/mol. The molecule has 0 unspecified atom stereocenters. The maximum absolute atomic E-state index is 12.6.